The SMILES string of the molecule is CCC(CNC(=O)c1ccc(OC)c(F)c1)C(=O)O. The summed E-state index contributed by atoms with van der Waals surface area (Å²) in [6.45, 7) is 1.73. The minimum absolute atomic E-state index is 0.0122. The van der Waals surface area contributed by atoms with Crippen molar-refractivity contribution in [3.8, 4) is 5.75 Å². The number of aliphatic carboxylic acids is 1. The molecule has 19 heavy (non-hydrogen) atoms. The fourth-order valence-electron chi connectivity index (χ4n) is 1.53. The van der Waals surface area contributed by atoms with Crippen LogP contribution in [0.25, 0.3) is 0 Å². The Hall–Kier alpha value is -2.11. The van der Waals surface area contributed by atoms with Crippen molar-refractivity contribution >= 4 is 11.9 Å². The highest BCUT2D eigenvalue weighted by molar-refractivity contribution is 5.94. The Labute approximate surface area is 110 Å². The van der Waals surface area contributed by atoms with Crippen molar-refractivity contribution in [2.45, 2.75) is 13.3 Å². The molecule has 1 rings (SSSR count). The molecule has 1 aromatic carbocycles. The first-order valence-electron chi connectivity index (χ1n) is 5.84. The Kier molecular flexibility index (Phi) is 5.29. The Morgan fingerprint density at radius 2 is 2.16 bits per heavy atom. The minimum atomic E-state index is -0.969. The van der Waals surface area contributed by atoms with Crippen LogP contribution in [0.15, 0.2) is 18.2 Å². The lowest BCUT2D eigenvalue weighted by atomic mass is 10.1. The number of halogens is 1. The van der Waals surface area contributed by atoms with E-state index in [0.717, 1.165) is 6.07 Å². The van der Waals surface area contributed by atoms with Gasteiger partial charge < -0.3 is 15.2 Å². The van der Waals surface area contributed by atoms with Crippen molar-refractivity contribution in [1.82, 2.24) is 5.32 Å². The molecule has 5 nitrogen and oxygen atoms in total. The number of carboxylic acids is 1. The van der Waals surface area contributed by atoms with Gasteiger partial charge in [-0.05, 0) is 24.6 Å². The summed E-state index contributed by atoms with van der Waals surface area (Å²) in [6, 6.07) is 3.81. The number of hydrogen-bond donors (Lipinski definition) is 2. The normalized spacial score (nSPS) is 11.7. The lowest BCUT2D eigenvalue weighted by molar-refractivity contribution is -0.141. The summed E-state index contributed by atoms with van der Waals surface area (Å²) >= 11 is 0. The van der Waals surface area contributed by atoms with Gasteiger partial charge in [0.15, 0.2) is 11.6 Å². The van der Waals surface area contributed by atoms with Gasteiger partial charge in [-0.3, -0.25) is 9.59 Å². The van der Waals surface area contributed by atoms with Gasteiger partial charge >= 0.3 is 5.97 Å². The van der Waals surface area contributed by atoms with E-state index in [-0.39, 0.29) is 17.9 Å². The largest absolute Gasteiger partial charge is 0.494 e. The number of rotatable bonds is 6. The number of nitrogens with one attached hydrogen (secondary N) is 1. The number of carbonyl (C=O) groups is 2. The molecule has 0 aliphatic carbocycles. The van der Waals surface area contributed by atoms with Gasteiger partial charge in [-0.15, -0.1) is 0 Å². The summed E-state index contributed by atoms with van der Waals surface area (Å²) in [5.74, 6) is -2.72. The molecule has 0 fully saturated rings. The summed E-state index contributed by atoms with van der Waals surface area (Å²) < 4.78 is 18.1. The molecule has 0 saturated carbocycles. The van der Waals surface area contributed by atoms with Crippen LogP contribution in [-0.2, 0) is 4.79 Å². The molecule has 1 unspecified atom stereocenters. The summed E-state index contributed by atoms with van der Waals surface area (Å²) in [5.41, 5.74) is 0.124. The van der Waals surface area contributed by atoms with Crippen LogP contribution in [0, 0.1) is 11.7 Å². The van der Waals surface area contributed by atoms with E-state index in [2.05, 4.69) is 5.32 Å². The number of amides is 1. The van der Waals surface area contributed by atoms with Gasteiger partial charge in [0.2, 0.25) is 0 Å². The van der Waals surface area contributed by atoms with Crippen LogP contribution >= 0.6 is 0 Å². The average molecular weight is 269 g/mol. The third-order valence-corrected chi connectivity index (χ3v) is 2.77. The van der Waals surface area contributed by atoms with Crippen molar-refractivity contribution < 1.29 is 23.8 Å². The first-order valence-corrected chi connectivity index (χ1v) is 5.84. The molecule has 104 valence electrons. The fraction of sp³-hybridized carbons (Fsp3) is 0.385. The molecule has 2 N–H and O–H groups in total. The first-order chi connectivity index (χ1) is 8.99. The molecule has 0 spiro atoms. The van der Waals surface area contributed by atoms with Crippen LogP contribution < -0.4 is 10.1 Å². The van der Waals surface area contributed by atoms with Crippen molar-refractivity contribution in [3.63, 3.8) is 0 Å². The highest BCUT2D eigenvalue weighted by Crippen LogP contribution is 2.17. The lowest BCUT2D eigenvalue weighted by Gasteiger charge is -2.11. The molecule has 1 amide bonds. The zero-order valence-electron chi connectivity index (χ0n) is 10.8. The van der Waals surface area contributed by atoms with E-state index in [9.17, 15) is 14.0 Å². The molecular weight excluding hydrogens is 253 g/mol. The molecule has 6 heteroatoms. The van der Waals surface area contributed by atoms with E-state index in [4.69, 9.17) is 9.84 Å². The molecule has 1 atom stereocenters. The number of ether oxygens (including phenoxy) is 1. The Balaban J connectivity index is 2.68. The van der Waals surface area contributed by atoms with Gasteiger partial charge in [0.05, 0.1) is 13.0 Å². The summed E-state index contributed by atoms with van der Waals surface area (Å²) in [6.07, 6.45) is 0.409. The summed E-state index contributed by atoms with van der Waals surface area (Å²) in [4.78, 5) is 22.5. The van der Waals surface area contributed by atoms with Gasteiger partial charge in [0.1, 0.15) is 0 Å². The van der Waals surface area contributed by atoms with Crippen LogP contribution in [0.3, 0.4) is 0 Å². The van der Waals surface area contributed by atoms with Gasteiger partial charge in [-0.25, -0.2) is 4.39 Å². The first kappa shape index (κ1) is 14.9. The van der Waals surface area contributed by atoms with E-state index in [1.165, 1.54) is 19.2 Å². The Morgan fingerprint density at radius 3 is 2.63 bits per heavy atom. The Bertz CT molecular complexity index is 476. The number of methoxy groups -OCH3 is 1. The van der Waals surface area contributed by atoms with Crippen LogP contribution in [-0.4, -0.2) is 30.6 Å². The van der Waals surface area contributed by atoms with Crippen LogP contribution in [0.1, 0.15) is 23.7 Å². The van der Waals surface area contributed by atoms with Gasteiger partial charge in [0, 0.05) is 12.1 Å². The number of hydrogen-bond acceptors (Lipinski definition) is 3. The van der Waals surface area contributed by atoms with Crippen molar-refractivity contribution in [3.05, 3.63) is 29.6 Å². The monoisotopic (exact) mass is 269 g/mol. The molecule has 0 saturated heterocycles. The number of carbonyl (C=O) groups excluding carboxylic acids is 1. The lowest BCUT2D eigenvalue weighted by Crippen LogP contribution is -2.32. The number of benzene rings is 1. The van der Waals surface area contributed by atoms with Gasteiger partial charge in [0.25, 0.3) is 5.91 Å². The molecule has 0 aromatic heterocycles. The highest BCUT2D eigenvalue weighted by Gasteiger charge is 2.17. The quantitative estimate of drug-likeness (QED) is 0.823. The highest BCUT2D eigenvalue weighted by atomic mass is 19.1. The molecule has 0 heterocycles. The molecule has 0 aliphatic rings. The molecule has 0 bridgehead atoms. The summed E-state index contributed by atoms with van der Waals surface area (Å²) in [5, 5.41) is 11.3. The zero-order chi connectivity index (χ0) is 14.4. The topological polar surface area (TPSA) is 75.6 Å². The van der Waals surface area contributed by atoms with Crippen LogP contribution in [0.2, 0.25) is 0 Å². The van der Waals surface area contributed by atoms with Crippen molar-refractivity contribution in [1.29, 1.82) is 0 Å². The Morgan fingerprint density at radius 1 is 1.47 bits per heavy atom. The fourth-order valence-corrected chi connectivity index (χ4v) is 1.53. The average Bonchev–Trinajstić information content (AvgIpc) is 2.38. The second kappa shape index (κ2) is 6.72. The van der Waals surface area contributed by atoms with E-state index in [0.29, 0.717) is 6.42 Å². The molecule has 0 aliphatic heterocycles. The predicted molar refractivity (Wildman–Crippen MR) is 66.7 cm³/mol. The minimum Gasteiger partial charge on any atom is -0.494 e. The maximum Gasteiger partial charge on any atom is 0.308 e. The van der Waals surface area contributed by atoms with E-state index in [1.54, 1.807) is 6.92 Å². The standard InChI is InChI=1S/C13H16FNO4/c1-3-8(13(17)18)7-15-12(16)9-4-5-11(19-2)10(14)6-9/h4-6,8H,3,7H2,1-2H3,(H,15,16)(H,17,18). The van der Waals surface area contributed by atoms with E-state index in [1.807, 2.05) is 0 Å². The zero-order valence-corrected chi connectivity index (χ0v) is 10.8. The third kappa shape index (κ3) is 3.94. The van der Waals surface area contributed by atoms with Crippen LogP contribution in [0.4, 0.5) is 4.39 Å². The van der Waals surface area contributed by atoms with Crippen LogP contribution in [0.5, 0.6) is 5.75 Å². The third-order valence-electron chi connectivity index (χ3n) is 2.77. The summed E-state index contributed by atoms with van der Waals surface area (Å²) in [7, 11) is 1.33. The second-order valence-corrected chi connectivity index (χ2v) is 4.00. The van der Waals surface area contributed by atoms with Crippen molar-refractivity contribution in [2.75, 3.05) is 13.7 Å². The second-order valence-electron chi connectivity index (χ2n) is 4.00. The number of carboxylic acid groups (broad SMARTS) is 1. The molecule has 1 aromatic rings. The molecule has 0 radical (unpaired) electrons. The maximum atomic E-state index is 13.4. The van der Waals surface area contributed by atoms with E-state index < -0.39 is 23.6 Å². The van der Waals surface area contributed by atoms with Gasteiger partial charge in [-0.2, -0.15) is 0 Å². The maximum absolute atomic E-state index is 13.4. The predicted octanol–water partition coefficient (Wildman–Crippen LogP) is 1.67. The van der Waals surface area contributed by atoms with Gasteiger partial charge in [-0.1, -0.05) is 6.92 Å². The van der Waals surface area contributed by atoms with E-state index >= 15 is 0 Å². The smallest absolute Gasteiger partial charge is 0.308 e. The van der Waals surface area contributed by atoms with Crippen molar-refractivity contribution in [2.24, 2.45) is 5.92 Å². The molecular formula is C13H16FNO4.